The van der Waals surface area contributed by atoms with Crippen LogP contribution in [0.2, 0.25) is 10.0 Å². The zero-order valence-corrected chi connectivity index (χ0v) is 16.4. The smallest absolute Gasteiger partial charge is 0.324 e. The highest BCUT2D eigenvalue weighted by molar-refractivity contribution is 6.42. The van der Waals surface area contributed by atoms with Gasteiger partial charge < -0.3 is 18.8 Å². The van der Waals surface area contributed by atoms with E-state index in [0.717, 1.165) is 0 Å². The van der Waals surface area contributed by atoms with E-state index in [1.54, 1.807) is 30.0 Å². The van der Waals surface area contributed by atoms with Crippen molar-refractivity contribution in [2.45, 2.75) is 13.3 Å². The standard InChI is InChI=1S/C17H16Cl2N6O3/c1-10-20-14(27-22-10)9-15(26)24-4-6-25(7-5-24)17-21-16(23-28-17)11-2-3-12(18)13(19)8-11/h2-3,8H,4-7,9H2,1H3. The normalized spacial score (nSPS) is 14.5. The lowest BCUT2D eigenvalue weighted by Gasteiger charge is -2.33. The fourth-order valence-electron chi connectivity index (χ4n) is 2.90. The van der Waals surface area contributed by atoms with Gasteiger partial charge in [0.2, 0.25) is 17.6 Å². The van der Waals surface area contributed by atoms with Gasteiger partial charge >= 0.3 is 6.01 Å². The van der Waals surface area contributed by atoms with Crippen LogP contribution >= 0.6 is 23.2 Å². The van der Waals surface area contributed by atoms with Crippen LogP contribution in [-0.2, 0) is 11.2 Å². The highest BCUT2D eigenvalue weighted by Gasteiger charge is 2.25. The predicted molar refractivity (Wildman–Crippen MR) is 101 cm³/mol. The number of amides is 1. The summed E-state index contributed by atoms with van der Waals surface area (Å²) in [7, 11) is 0. The number of aryl methyl sites for hydroxylation is 1. The Labute approximate surface area is 170 Å². The number of aromatic nitrogens is 4. The van der Waals surface area contributed by atoms with Gasteiger partial charge in [-0.25, -0.2) is 0 Å². The van der Waals surface area contributed by atoms with Crippen molar-refractivity contribution in [1.29, 1.82) is 0 Å². The van der Waals surface area contributed by atoms with Gasteiger partial charge in [0.15, 0.2) is 5.82 Å². The van der Waals surface area contributed by atoms with Crippen molar-refractivity contribution in [1.82, 2.24) is 25.2 Å². The van der Waals surface area contributed by atoms with Crippen LogP contribution < -0.4 is 4.90 Å². The molecular formula is C17H16Cl2N6O3. The lowest BCUT2D eigenvalue weighted by atomic mass is 10.2. The summed E-state index contributed by atoms with van der Waals surface area (Å²) in [5.41, 5.74) is 0.716. The van der Waals surface area contributed by atoms with Crippen molar-refractivity contribution in [3.8, 4) is 11.4 Å². The number of nitrogens with zero attached hydrogens (tertiary/aromatic N) is 6. The van der Waals surface area contributed by atoms with E-state index in [2.05, 4.69) is 20.3 Å². The van der Waals surface area contributed by atoms with E-state index < -0.39 is 0 Å². The first kappa shape index (κ1) is 18.7. The van der Waals surface area contributed by atoms with Crippen molar-refractivity contribution in [3.63, 3.8) is 0 Å². The average Bonchev–Trinajstić information content (AvgIpc) is 3.33. The minimum absolute atomic E-state index is 0.0506. The molecule has 0 bridgehead atoms. The lowest BCUT2D eigenvalue weighted by molar-refractivity contribution is -0.131. The lowest BCUT2D eigenvalue weighted by Crippen LogP contribution is -2.49. The summed E-state index contributed by atoms with van der Waals surface area (Å²) >= 11 is 12.0. The number of hydrogen-bond acceptors (Lipinski definition) is 8. The average molecular weight is 423 g/mol. The zero-order valence-electron chi connectivity index (χ0n) is 14.9. The minimum atomic E-state index is -0.0506. The van der Waals surface area contributed by atoms with E-state index in [-0.39, 0.29) is 12.3 Å². The third kappa shape index (κ3) is 3.95. The number of benzene rings is 1. The van der Waals surface area contributed by atoms with E-state index in [1.807, 2.05) is 4.90 Å². The Bertz CT molecular complexity index is 996. The second-order valence-corrected chi connectivity index (χ2v) is 7.12. The maximum absolute atomic E-state index is 12.4. The third-order valence-corrected chi connectivity index (χ3v) is 5.11. The maximum Gasteiger partial charge on any atom is 0.324 e. The Morgan fingerprint density at radius 2 is 1.86 bits per heavy atom. The summed E-state index contributed by atoms with van der Waals surface area (Å²) in [4.78, 5) is 24.6. The Balaban J connectivity index is 1.37. The summed E-state index contributed by atoms with van der Waals surface area (Å²) in [5.74, 6) is 1.22. The highest BCUT2D eigenvalue weighted by Crippen LogP contribution is 2.28. The van der Waals surface area contributed by atoms with Crippen LogP contribution in [0.1, 0.15) is 11.7 Å². The zero-order chi connectivity index (χ0) is 19.7. The Kier molecular flexibility index (Phi) is 5.19. The first-order chi connectivity index (χ1) is 13.5. The van der Waals surface area contributed by atoms with Gasteiger partial charge in [-0.15, -0.1) is 0 Å². The quantitative estimate of drug-likeness (QED) is 0.631. The third-order valence-electron chi connectivity index (χ3n) is 4.37. The SMILES string of the molecule is Cc1noc(CC(=O)N2CCN(c3nc(-c4ccc(Cl)c(Cl)c4)no3)CC2)n1. The number of carbonyl (C=O) groups is 1. The predicted octanol–water partition coefficient (Wildman–Crippen LogP) is 2.63. The minimum Gasteiger partial charge on any atom is -0.339 e. The molecule has 0 radical (unpaired) electrons. The van der Waals surface area contributed by atoms with E-state index >= 15 is 0 Å². The van der Waals surface area contributed by atoms with Crippen LogP contribution in [0.25, 0.3) is 11.4 Å². The van der Waals surface area contributed by atoms with Crippen molar-refractivity contribution in [2.75, 3.05) is 31.1 Å². The Morgan fingerprint density at radius 3 is 2.54 bits per heavy atom. The van der Waals surface area contributed by atoms with Crippen molar-refractivity contribution in [3.05, 3.63) is 40.0 Å². The number of anilines is 1. The van der Waals surface area contributed by atoms with Gasteiger partial charge in [-0.1, -0.05) is 33.5 Å². The van der Waals surface area contributed by atoms with Crippen LogP contribution in [0.15, 0.2) is 27.2 Å². The van der Waals surface area contributed by atoms with E-state index in [1.165, 1.54) is 0 Å². The molecule has 0 atom stereocenters. The topological polar surface area (TPSA) is 101 Å². The first-order valence-corrected chi connectivity index (χ1v) is 9.36. The van der Waals surface area contributed by atoms with E-state index in [0.29, 0.717) is 65.3 Å². The molecule has 1 aliphatic heterocycles. The largest absolute Gasteiger partial charge is 0.339 e. The van der Waals surface area contributed by atoms with Crippen LogP contribution in [0.3, 0.4) is 0 Å². The van der Waals surface area contributed by atoms with E-state index in [9.17, 15) is 4.79 Å². The summed E-state index contributed by atoms with van der Waals surface area (Å²) in [6.45, 7) is 3.95. The van der Waals surface area contributed by atoms with Gasteiger partial charge in [0, 0.05) is 31.7 Å². The van der Waals surface area contributed by atoms with Crippen molar-refractivity contribution < 1.29 is 13.8 Å². The molecule has 11 heteroatoms. The molecule has 0 saturated carbocycles. The van der Waals surface area contributed by atoms with Gasteiger partial charge in [-0.05, 0) is 25.1 Å². The number of halogens is 2. The fourth-order valence-corrected chi connectivity index (χ4v) is 3.19. The van der Waals surface area contributed by atoms with Gasteiger partial charge in [-0.2, -0.15) is 9.97 Å². The molecule has 0 N–H and O–H groups in total. The van der Waals surface area contributed by atoms with E-state index in [4.69, 9.17) is 32.2 Å². The van der Waals surface area contributed by atoms with Gasteiger partial charge in [0.1, 0.15) is 6.42 Å². The Morgan fingerprint density at radius 1 is 1.07 bits per heavy atom. The highest BCUT2D eigenvalue weighted by atomic mass is 35.5. The molecule has 28 heavy (non-hydrogen) atoms. The number of hydrogen-bond donors (Lipinski definition) is 0. The number of piperazine rings is 1. The molecule has 1 saturated heterocycles. The fraction of sp³-hybridized carbons (Fsp3) is 0.353. The van der Waals surface area contributed by atoms with Crippen LogP contribution in [0.4, 0.5) is 6.01 Å². The maximum atomic E-state index is 12.4. The van der Waals surface area contributed by atoms with Crippen LogP contribution in [0.5, 0.6) is 0 Å². The molecule has 3 aromatic rings. The van der Waals surface area contributed by atoms with Crippen LogP contribution in [-0.4, -0.2) is 57.3 Å². The summed E-state index contributed by atoms with van der Waals surface area (Å²) < 4.78 is 10.4. The molecule has 0 unspecified atom stereocenters. The Hall–Kier alpha value is -2.65. The molecule has 9 nitrogen and oxygen atoms in total. The molecule has 0 aliphatic carbocycles. The molecule has 1 amide bonds. The molecular weight excluding hydrogens is 407 g/mol. The molecule has 146 valence electrons. The van der Waals surface area contributed by atoms with Gasteiger partial charge in [0.05, 0.1) is 10.0 Å². The van der Waals surface area contributed by atoms with Crippen molar-refractivity contribution in [2.24, 2.45) is 0 Å². The molecule has 1 aromatic carbocycles. The van der Waals surface area contributed by atoms with Gasteiger partial charge in [-0.3, -0.25) is 4.79 Å². The monoisotopic (exact) mass is 422 g/mol. The molecule has 1 aliphatic rings. The summed E-state index contributed by atoms with van der Waals surface area (Å²) in [6.07, 6.45) is 0.100. The molecule has 3 heterocycles. The van der Waals surface area contributed by atoms with Gasteiger partial charge in [0.25, 0.3) is 0 Å². The molecule has 0 spiro atoms. The molecule has 1 fully saturated rings. The first-order valence-electron chi connectivity index (χ1n) is 8.60. The summed E-state index contributed by atoms with van der Waals surface area (Å²) in [5, 5.41) is 8.59. The van der Waals surface area contributed by atoms with Crippen LogP contribution in [0, 0.1) is 6.92 Å². The molecule has 2 aromatic heterocycles. The number of carbonyl (C=O) groups excluding carboxylic acids is 1. The second kappa shape index (κ2) is 7.76. The molecule has 4 rings (SSSR count). The second-order valence-electron chi connectivity index (χ2n) is 6.31. The summed E-state index contributed by atoms with van der Waals surface area (Å²) in [6, 6.07) is 5.55. The van der Waals surface area contributed by atoms with Crippen molar-refractivity contribution >= 4 is 35.1 Å². The number of rotatable bonds is 4.